The summed E-state index contributed by atoms with van der Waals surface area (Å²) in [7, 11) is 0.531. The minimum Gasteiger partial charge on any atom is -0.309 e. The molecule has 23 heavy (non-hydrogen) atoms. The van der Waals surface area contributed by atoms with E-state index in [1.165, 1.54) is 0 Å². The molecule has 3 rings (SSSR count). The van der Waals surface area contributed by atoms with E-state index in [2.05, 4.69) is 11.0 Å². The number of halogens is 1. The van der Waals surface area contributed by atoms with Gasteiger partial charge in [-0.25, -0.2) is 8.42 Å². The van der Waals surface area contributed by atoms with Crippen LogP contribution in [0.25, 0.3) is 5.57 Å². The van der Waals surface area contributed by atoms with E-state index in [1.54, 1.807) is 30.3 Å². The SMILES string of the molecule is CN(C)CC/C=C1\c2ccccc2S(=O)(=O)c2ccc(Cl)cc21. The normalized spacial score (nSPS) is 17.1. The molecule has 120 valence electrons. The molecule has 0 spiro atoms. The lowest BCUT2D eigenvalue weighted by Gasteiger charge is -2.23. The third kappa shape index (κ3) is 2.94. The highest BCUT2D eigenvalue weighted by Gasteiger charge is 2.31. The molecule has 3 nitrogen and oxygen atoms in total. The predicted octanol–water partition coefficient (Wildman–Crippen LogP) is 3.87. The van der Waals surface area contributed by atoms with Gasteiger partial charge in [0.2, 0.25) is 9.84 Å². The van der Waals surface area contributed by atoms with Gasteiger partial charge in [-0.3, -0.25) is 0 Å². The summed E-state index contributed by atoms with van der Waals surface area (Å²) in [6.07, 6.45) is 2.94. The molecule has 0 radical (unpaired) electrons. The number of hydrogen-bond acceptors (Lipinski definition) is 3. The Kier molecular flexibility index (Phi) is 4.32. The fraction of sp³-hybridized carbons (Fsp3) is 0.222. The molecule has 0 bridgehead atoms. The lowest BCUT2D eigenvalue weighted by Crippen LogP contribution is -2.15. The third-order valence-electron chi connectivity index (χ3n) is 3.91. The second-order valence-electron chi connectivity index (χ2n) is 5.85. The zero-order valence-electron chi connectivity index (χ0n) is 13.1. The smallest absolute Gasteiger partial charge is 0.207 e. The number of rotatable bonds is 3. The minimum atomic E-state index is -3.50. The highest BCUT2D eigenvalue weighted by Crippen LogP contribution is 2.42. The van der Waals surface area contributed by atoms with Crippen LogP contribution in [0.15, 0.2) is 58.3 Å². The maximum absolute atomic E-state index is 12.9. The van der Waals surface area contributed by atoms with Gasteiger partial charge >= 0.3 is 0 Å². The van der Waals surface area contributed by atoms with Crippen molar-refractivity contribution in [3.63, 3.8) is 0 Å². The first-order chi connectivity index (χ1) is 10.9. The summed E-state index contributed by atoms with van der Waals surface area (Å²) >= 11 is 6.12. The van der Waals surface area contributed by atoms with Crippen LogP contribution in [0, 0.1) is 0 Å². The largest absolute Gasteiger partial charge is 0.309 e. The van der Waals surface area contributed by atoms with Gasteiger partial charge in [0.1, 0.15) is 0 Å². The van der Waals surface area contributed by atoms with E-state index in [0.29, 0.717) is 20.4 Å². The number of sulfone groups is 1. The van der Waals surface area contributed by atoms with Crippen LogP contribution in [0.3, 0.4) is 0 Å². The molecule has 0 N–H and O–H groups in total. The van der Waals surface area contributed by atoms with Crippen molar-refractivity contribution in [2.75, 3.05) is 20.6 Å². The number of fused-ring (bicyclic) bond motifs is 2. The fourth-order valence-electron chi connectivity index (χ4n) is 2.82. The molecule has 0 fully saturated rings. The molecule has 1 aliphatic heterocycles. The Balaban J connectivity index is 2.23. The second-order valence-corrected chi connectivity index (χ2v) is 8.17. The lowest BCUT2D eigenvalue weighted by atomic mass is 9.96. The van der Waals surface area contributed by atoms with Crippen LogP contribution >= 0.6 is 11.6 Å². The van der Waals surface area contributed by atoms with Gasteiger partial charge in [0.15, 0.2) is 0 Å². The van der Waals surface area contributed by atoms with Gasteiger partial charge < -0.3 is 4.90 Å². The maximum atomic E-state index is 12.9. The molecule has 0 atom stereocenters. The van der Waals surface area contributed by atoms with E-state index in [-0.39, 0.29) is 0 Å². The maximum Gasteiger partial charge on any atom is 0.207 e. The van der Waals surface area contributed by atoms with Crippen LogP contribution in [0.2, 0.25) is 5.02 Å². The van der Waals surface area contributed by atoms with Crippen LogP contribution in [0.5, 0.6) is 0 Å². The van der Waals surface area contributed by atoms with Crippen molar-refractivity contribution < 1.29 is 8.42 Å². The second kappa shape index (κ2) is 6.11. The summed E-state index contributed by atoms with van der Waals surface area (Å²) in [6, 6.07) is 12.1. The number of hydrogen-bond donors (Lipinski definition) is 0. The quantitative estimate of drug-likeness (QED) is 0.721. The van der Waals surface area contributed by atoms with Crippen LogP contribution in [0.1, 0.15) is 17.5 Å². The summed E-state index contributed by atoms with van der Waals surface area (Å²) in [5.41, 5.74) is 2.38. The van der Waals surface area contributed by atoms with Gasteiger partial charge in [-0.15, -0.1) is 0 Å². The van der Waals surface area contributed by atoms with Crippen LogP contribution in [0.4, 0.5) is 0 Å². The molecule has 2 aromatic rings. The van der Waals surface area contributed by atoms with Gasteiger partial charge in [0.05, 0.1) is 9.79 Å². The molecule has 0 amide bonds. The average Bonchev–Trinajstić information content (AvgIpc) is 2.50. The summed E-state index contributed by atoms with van der Waals surface area (Å²) in [4.78, 5) is 2.80. The molecular formula is C18H18ClNO2S. The Morgan fingerprint density at radius 3 is 2.48 bits per heavy atom. The Labute approximate surface area is 142 Å². The van der Waals surface area contributed by atoms with Gasteiger partial charge in [-0.05, 0) is 50.4 Å². The first kappa shape index (κ1) is 16.2. The molecule has 0 aromatic heterocycles. The number of benzene rings is 2. The molecule has 0 saturated heterocycles. The molecule has 1 heterocycles. The van der Waals surface area contributed by atoms with Crippen molar-refractivity contribution >= 4 is 27.0 Å². The van der Waals surface area contributed by atoms with Crippen molar-refractivity contribution in [3.05, 3.63) is 64.7 Å². The molecule has 5 heteroatoms. The predicted molar refractivity (Wildman–Crippen MR) is 93.6 cm³/mol. The summed E-state index contributed by atoms with van der Waals surface area (Å²) in [5, 5.41) is 0.539. The summed E-state index contributed by atoms with van der Waals surface area (Å²) in [6.45, 7) is 0.897. The van der Waals surface area contributed by atoms with E-state index < -0.39 is 9.84 Å². The molecule has 1 aliphatic rings. The van der Waals surface area contributed by atoms with Crippen LogP contribution in [-0.2, 0) is 9.84 Å². The van der Waals surface area contributed by atoms with Crippen molar-refractivity contribution in [2.45, 2.75) is 16.2 Å². The molecular weight excluding hydrogens is 330 g/mol. The monoisotopic (exact) mass is 347 g/mol. The van der Waals surface area contributed by atoms with Crippen molar-refractivity contribution in [3.8, 4) is 0 Å². The standard InChI is InChI=1S/C18H18ClNO2S/c1-20(2)11-5-7-14-15-6-3-4-8-17(15)23(21,22)18-10-9-13(19)12-16(14)18/h3-4,6-10,12H,5,11H2,1-2H3/b14-7+. The zero-order chi connectivity index (χ0) is 16.6. The average molecular weight is 348 g/mol. The fourth-order valence-corrected chi connectivity index (χ4v) is 4.66. The number of nitrogens with zero attached hydrogens (tertiary/aromatic N) is 1. The Morgan fingerprint density at radius 2 is 1.74 bits per heavy atom. The van der Waals surface area contributed by atoms with Gasteiger partial charge in [-0.2, -0.15) is 0 Å². The highest BCUT2D eigenvalue weighted by molar-refractivity contribution is 7.91. The van der Waals surface area contributed by atoms with Gasteiger partial charge in [0.25, 0.3) is 0 Å². The van der Waals surface area contributed by atoms with E-state index in [1.807, 2.05) is 26.2 Å². The minimum absolute atomic E-state index is 0.330. The van der Waals surface area contributed by atoms with E-state index in [4.69, 9.17) is 11.6 Å². The van der Waals surface area contributed by atoms with Crippen molar-refractivity contribution in [1.29, 1.82) is 0 Å². The van der Waals surface area contributed by atoms with Crippen LogP contribution in [-0.4, -0.2) is 34.0 Å². The lowest BCUT2D eigenvalue weighted by molar-refractivity contribution is 0.417. The zero-order valence-corrected chi connectivity index (χ0v) is 14.7. The first-order valence-electron chi connectivity index (χ1n) is 7.40. The Morgan fingerprint density at radius 1 is 1.04 bits per heavy atom. The van der Waals surface area contributed by atoms with E-state index in [9.17, 15) is 8.42 Å². The molecule has 0 unspecified atom stereocenters. The third-order valence-corrected chi connectivity index (χ3v) is 6.02. The van der Waals surface area contributed by atoms with Gasteiger partial charge in [0, 0.05) is 22.7 Å². The molecule has 2 aromatic carbocycles. The molecule has 0 saturated carbocycles. The molecule has 0 aliphatic carbocycles. The highest BCUT2D eigenvalue weighted by atomic mass is 35.5. The van der Waals surface area contributed by atoms with E-state index >= 15 is 0 Å². The first-order valence-corrected chi connectivity index (χ1v) is 9.26. The van der Waals surface area contributed by atoms with Crippen molar-refractivity contribution in [1.82, 2.24) is 4.90 Å². The Hall–Kier alpha value is -1.62. The summed E-state index contributed by atoms with van der Waals surface area (Å²) in [5.74, 6) is 0. The van der Waals surface area contributed by atoms with Gasteiger partial charge in [-0.1, -0.05) is 35.9 Å². The Bertz CT molecular complexity index is 886. The van der Waals surface area contributed by atoms with E-state index in [0.717, 1.165) is 24.1 Å². The van der Waals surface area contributed by atoms with Crippen LogP contribution < -0.4 is 0 Å². The summed E-state index contributed by atoms with van der Waals surface area (Å²) < 4.78 is 25.7. The topological polar surface area (TPSA) is 37.4 Å². The van der Waals surface area contributed by atoms with Crippen molar-refractivity contribution in [2.24, 2.45) is 0 Å².